The van der Waals surface area contributed by atoms with Crippen molar-refractivity contribution in [2.45, 2.75) is 12.5 Å². The number of carboxylic acid groups (broad SMARTS) is 1. The predicted molar refractivity (Wildman–Crippen MR) is 82.6 cm³/mol. The van der Waals surface area contributed by atoms with Crippen molar-refractivity contribution in [2.24, 2.45) is 5.92 Å². The molecule has 1 aromatic carbocycles. The van der Waals surface area contributed by atoms with Crippen molar-refractivity contribution in [3.8, 4) is 0 Å². The maximum absolute atomic E-state index is 11.1. The lowest BCUT2D eigenvalue weighted by atomic mass is 9.98. The molecule has 3 rings (SSSR count). The zero-order valence-electron chi connectivity index (χ0n) is 12.5. The highest BCUT2D eigenvalue weighted by molar-refractivity contribution is 5.71. The Balaban J connectivity index is 1.78. The lowest BCUT2D eigenvalue weighted by Crippen LogP contribution is -2.45. The van der Waals surface area contributed by atoms with Gasteiger partial charge in [-0.2, -0.15) is 0 Å². The van der Waals surface area contributed by atoms with Gasteiger partial charge in [0.15, 0.2) is 0 Å². The number of para-hydroxylation sites is 1. The highest BCUT2D eigenvalue weighted by Crippen LogP contribution is 2.34. The summed E-state index contributed by atoms with van der Waals surface area (Å²) in [4.78, 5) is 15.9. The van der Waals surface area contributed by atoms with Crippen molar-refractivity contribution >= 4 is 11.7 Å². The number of aliphatic carboxylic acids is 1. The van der Waals surface area contributed by atoms with E-state index in [9.17, 15) is 4.79 Å². The molecule has 0 aliphatic carbocycles. The first-order valence-electron chi connectivity index (χ1n) is 7.64. The molecule has 2 saturated heterocycles. The summed E-state index contributed by atoms with van der Waals surface area (Å²) in [5.41, 5.74) is 2.50. The number of carbonyl (C=O) groups is 1. The third kappa shape index (κ3) is 3.04. The molecule has 5 heteroatoms. The zero-order valence-corrected chi connectivity index (χ0v) is 12.5. The molecule has 2 aliphatic heterocycles. The number of hydrogen-bond acceptors (Lipinski definition) is 4. The van der Waals surface area contributed by atoms with E-state index in [2.05, 4.69) is 40.4 Å². The summed E-state index contributed by atoms with van der Waals surface area (Å²) in [7, 11) is 2.15. The van der Waals surface area contributed by atoms with E-state index in [4.69, 9.17) is 5.11 Å². The fourth-order valence-corrected chi connectivity index (χ4v) is 3.28. The number of nitrogens with zero attached hydrogens (tertiary/aromatic N) is 2. The molecule has 2 heterocycles. The van der Waals surface area contributed by atoms with E-state index < -0.39 is 5.97 Å². The number of hydrogen-bond donors (Lipinski definition) is 2. The average molecular weight is 289 g/mol. The fourth-order valence-electron chi connectivity index (χ4n) is 3.28. The van der Waals surface area contributed by atoms with Crippen molar-refractivity contribution in [1.29, 1.82) is 0 Å². The van der Waals surface area contributed by atoms with Gasteiger partial charge in [-0.05, 0) is 25.1 Å². The van der Waals surface area contributed by atoms with Gasteiger partial charge in [0.1, 0.15) is 0 Å². The van der Waals surface area contributed by atoms with E-state index in [0.717, 1.165) is 26.2 Å². The Labute approximate surface area is 125 Å². The maximum Gasteiger partial charge on any atom is 0.307 e. The molecule has 21 heavy (non-hydrogen) atoms. The van der Waals surface area contributed by atoms with Crippen LogP contribution in [-0.2, 0) is 4.79 Å². The third-order valence-corrected chi connectivity index (χ3v) is 4.64. The van der Waals surface area contributed by atoms with Crippen LogP contribution < -0.4 is 10.2 Å². The smallest absolute Gasteiger partial charge is 0.307 e. The molecule has 5 nitrogen and oxygen atoms in total. The van der Waals surface area contributed by atoms with Gasteiger partial charge in [-0.1, -0.05) is 18.2 Å². The molecule has 2 aliphatic rings. The fraction of sp³-hybridized carbons (Fsp3) is 0.562. The number of benzene rings is 1. The summed E-state index contributed by atoms with van der Waals surface area (Å²) in [6, 6.07) is 8.57. The number of carboxylic acids is 1. The molecule has 0 saturated carbocycles. The maximum atomic E-state index is 11.1. The molecule has 114 valence electrons. The standard InChI is InChI=1S/C16H23N3O2/c1-18-6-8-19(9-7-18)15-5-3-2-4-13(15)14-10-12(11-17-14)16(20)21/h2-5,12,14,17H,6-11H2,1H3,(H,20,21). The Morgan fingerprint density at radius 1 is 1.24 bits per heavy atom. The largest absolute Gasteiger partial charge is 0.481 e. The number of rotatable bonds is 3. The van der Waals surface area contributed by atoms with Gasteiger partial charge in [0.05, 0.1) is 5.92 Å². The Kier molecular flexibility index (Phi) is 4.12. The molecule has 0 amide bonds. The Hall–Kier alpha value is -1.59. The molecule has 2 N–H and O–H groups in total. The van der Waals surface area contributed by atoms with Crippen LogP contribution in [0.1, 0.15) is 18.0 Å². The molecule has 0 aromatic heterocycles. The average Bonchev–Trinajstić information content (AvgIpc) is 2.98. The first-order chi connectivity index (χ1) is 10.1. The third-order valence-electron chi connectivity index (χ3n) is 4.64. The Bertz CT molecular complexity index is 512. The summed E-state index contributed by atoms with van der Waals surface area (Å²) in [6.45, 7) is 4.77. The van der Waals surface area contributed by atoms with Crippen molar-refractivity contribution < 1.29 is 9.90 Å². The van der Waals surface area contributed by atoms with Crippen molar-refractivity contribution in [3.05, 3.63) is 29.8 Å². The van der Waals surface area contributed by atoms with Crippen LogP contribution in [-0.4, -0.2) is 55.7 Å². The highest BCUT2D eigenvalue weighted by Gasteiger charge is 2.32. The number of nitrogens with one attached hydrogen (secondary N) is 1. The molecule has 0 radical (unpaired) electrons. The molecule has 0 bridgehead atoms. The Morgan fingerprint density at radius 3 is 2.62 bits per heavy atom. The molecule has 1 aromatic rings. The SMILES string of the molecule is CN1CCN(c2ccccc2C2CC(C(=O)O)CN2)CC1. The van der Waals surface area contributed by atoms with Crippen molar-refractivity contribution in [2.75, 3.05) is 44.7 Å². The highest BCUT2D eigenvalue weighted by atomic mass is 16.4. The number of likely N-dealkylation sites (N-methyl/N-ethyl adjacent to an activating group) is 1. The number of piperazine rings is 1. The van der Waals surface area contributed by atoms with Gasteiger partial charge in [-0.25, -0.2) is 0 Å². The summed E-state index contributed by atoms with van der Waals surface area (Å²) in [5.74, 6) is -0.961. The van der Waals surface area contributed by atoms with E-state index in [1.54, 1.807) is 0 Å². The van der Waals surface area contributed by atoms with E-state index in [0.29, 0.717) is 13.0 Å². The quantitative estimate of drug-likeness (QED) is 0.875. The normalized spacial score (nSPS) is 27.0. The zero-order chi connectivity index (χ0) is 14.8. The van der Waals surface area contributed by atoms with Crippen LogP contribution >= 0.6 is 0 Å². The molecule has 0 spiro atoms. The molecule has 2 atom stereocenters. The predicted octanol–water partition coefficient (Wildman–Crippen LogP) is 1.17. The second-order valence-corrected chi connectivity index (χ2v) is 6.08. The van der Waals surface area contributed by atoms with Crippen LogP contribution in [0.25, 0.3) is 0 Å². The minimum atomic E-state index is -0.693. The van der Waals surface area contributed by atoms with E-state index in [1.165, 1.54) is 11.3 Å². The van der Waals surface area contributed by atoms with Gasteiger partial charge in [-0.15, -0.1) is 0 Å². The van der Waals surface area contributed by atoms with Crippen LogP contribution in [0, 0.1) is 5.92 Å². The van der Waals surface area contributed by atoms with Gasteiger partial charge < -0.3 is 20.2 Å². The summed E-state index contributed by atoms with van der Waals surface area (Å²) in [5, 5.41) is 12.5. The van der Waals surface area contributed by atoms with E-state index in [-0.39, 0.29) is 12.0 Å². The molecular weight excluding hydrogens is 266 g/mol. The van der Waals surface area contributed by atoms with Gasteiger partial charge >= 0.3 is 5.97 Å². The van der Waals surface area contributed by atoms with Crippen molar-refractivity contribution in [3.63, 3.8) is 0 Å². The van der Waals surface area contributed by atoms with Crippen LogP contribution in [0.5, 0.6) is 0 Å². The van der Waals surface area contributed by atoms with Gasteiger partial charge in [0, 0.05) is 44.5 Å². The summed E-state index contributed by atoms with van der Waals surface area (Å²) in [6.07, 6.45) is 0.681. The van der Waals surface area contributed by atoms with E-state index in [1.807, 2.05) is 6.07 Å². The monoisotopic (exact) mass is 289 g/mol. The van der Waals surface area contributed by atoms with Crippen LogP contribution in [0.4, 0.5) is 5.69 Å². The summed E-state index contributed by atoms with van der Waals surface area (Å²) < 4.78 is 0. The van der Waals surface area contributed by atoms with Gasteiger partial charge in [-0.3, -0.25) is 4.79 Å². The minimum absolute atomic E-state index is 0.155. The number of anilines is 1. The van der Waals surface area contributed by atoms with Crippen LogP contribution in [0.3, 0.4) is 0 Å². The molecule has 2 fully saturated rings. The van der Waals surface area contributed by atoms with Crippen LogP contribution in [0.2, 0.25) is 0 Å². The lowest BCUT2D eigenvalue weighted by Gasteiger charge is -2.36. The van der Waals surface area contributed by atoms with E-state index >= 15 is 0 Å². The Morgan fingerprint density at radius 2 is 1.95 bits per heavy atom. The van der Waals surface area contributed by atoms with Gasteiger partial charge in [0.2, 0.25) is 0 Å². The lowest BCUT2D eigenvalue weighted by molar-refractivity contribution is -0.141. The summed E-state index contributed by atoms with van der Waals surface area (Å²) >= 11 is 0. The van der Waals surface area contributed by atoms with Crippen LogP contribution in [0.15, 0.2) is 24.3 Å². The van der Waals surface area contributed by atoms with Gasteiger partial charge in [0.25, 0.3) is 0 Å². The topological polar surface area (TPSA) is 55.8 Å². The first-order valence-corrected chi connectivity index (χ1v) is 7.64. The second kappa shape index (κ2) is 6.03. The van der Waals surface area contributed by atoms with Crippen molar-refractivity contribution in [1.82, 2.24) is 10.2 Å². The minimum Gasteiger partial charge on any atom is -0.481 e. The molecule has 2 unspecified atom stereocenters. The first kappa shape index (κ1) is 14.4. The molecular formula is C16H23N3O2. The second-order valence-electron chi connectivity index (χ2n) is 6.08.